The summed E-state index contributed by atoms with van der Waals surface area (Å²) in [6.07, 6.45) is -4.70. The Kier molecular flexibility index (Phi) is 6.06. The van der Waals surface area contributed by atoms with Gasteiger partial charge < -0.3 is 20.1 Å². The lowest BCUT2D eigenvalue weighted by Gasteiger charge is -2.19. The van der Waals surface area contributed by atoms with Gasteiger partial charge in [0.1, 0.15) is 5.82 Å². The Balaban J connectivity index is 2.00. The van der Waals surface area contributed by atoms with E-state index >= 15 is 0 Å². The number of methoxy groups -OCH3 is 1. The second-order valence-corrected chi connectivity index (χ2v) is 6.02. The fraction of sp³-hybridized carbons (Fsp3) is 0.500. The van der Waals surface area contributed by atoms with Gasteiger partial charge in [-0.25, -0.2) is 9.18 Å². The van der Waals surface area contributed by atoms with Gasteiger partial charge >= 0.3 is 18.2 Å². The first-order chi connectivity index (χ1) is 12.1. The van der Waals surface area contributed by atoms with Crippen LogP contribution in [-0.4, -0.2) is 48.4 Å². The van der Waals surface area contributed by atoms with Crippen LogP contribution in [0.2, 0.25) is 0 Å². The van der Waals surface area contributed by atoms with Crippen molar-refractivity contribution >= 4 is 12.0 Å². The largest absolute Gasteiger partial charge is 0.481 e. The zero-order valence-electron chi connectivity index (χ0n) is 13.8. The van der Waals surface area contributed by atoms with Crippen LogP contribution < -0.4 is 5.32 Å². The van der Waals surface area contributed by atoms with Gasteiger partial charge in [0.25, 0.3) is 0 Å². The number of ether oxygens (including phenoxy) is 1. The van der Waals surface area contributed by atoms with Crippen LogP contribution in [0.3, 0.4) is 0 Å². The number of amides is 2. The van der Waals surface area contributed by atoms with Crippen LogP contribution >= 0.6 is 0 Å². The van der Waals surface area contributed by atoms with Crippen molar-refractivity contribution in [2.24, 2.45) is 11.8 Å². The van der Waals surface area contributed by atoms with Crippen molar-refractivity contribution in [3.05, 3.63) is 35.1 Å². The molecule has 0 saturated carbocycles. The summed E-state index contributed by atoms with van der Waals surface area (Å²) in [5, 5.41) is 11.4. The number of nitrogens with zero attached hydrogens (tertiary/aromatic N) is 1. The Morgan fingerprint density at radius 1 is 1.35 bits per heavy atom. The van der Waals surface area contributed by atoms with E-state index in [2.05, 4.69) is 5.32 Å². The number of nitrogens with one attached hydrogen (secondary N) is 1. The summed E-state index contributed by atoms with van der Waals surface area (Å²) in [7, 11) is 1.40. The van der Waals surface area contributed by atoms with Crippen LogP contribution in [0, 0.1) is 17.7 Å². The highest BCUT2D eigenvalue weighted by atomic mass is 19.4. The fourth-order valence-corrected chi connectivity index (χ4v) is 2.85. The summed E-state index contributed by atoms with van der Waals surface area (Å²) in [6.45, 7) is -1.25. The van der Waals surface area contributed by atoms with E-state index < -0.39 is 48.9 Å². The Morgan fingerprint density at radius 2 is 2.04 bits per heavy atom. The second-order valence-electron chi connectivity index (χ2n) is 6.02. The number of carbonyl (C=O) groups excluding carboxylic acids is 1. The molecule has 1 fully saturated rings. The molecule has 0 unspecified atom stereocenters. The van der Waals surface area contributed by atoms with Crippen molar-refractivity contribution in [1.82, 2.24) is 10.2 Å². The molecule has 1 aliphatic rings. The summed E-state index contributed by atoms with van der Waals surface area (Å²) in [6, 6.07) is 3.30. The first-order valence-electron chi connectivity index (χ1n) is 7.72. The third-order valence-electron chi connectivity index (χ3n) is 4.20. The van der Waals surface area contributed by atoms with E-state index in [9.17, 15) is 27.2 Å². The summed E-state index contributed by atoms with van der Waals surface area (Å²) < 4.78 is 57.2. The van der Waals surface area contributed by atoms with Crippen molar-refractivity contribution in [3.63, 3.8) is 0 Å². The molecule has 2 amide bonds. The molecule has 1 aromatic carbocycles. The van der Waals surface area contributed by atoms with Gasteiger partial charge in [-0.1, -0.05) is 6.07 Å². The van der Waals surface area contributed by atoms with Gasteiger partial charge in [-0.2, -0.15) is 13.2 Å². The molecule has 0 spiro atoms. The van der Waals surface area contributed by atoms with Gasteiger partial charge in [0.15, 0.2) is 0 Å². The molecule has 0 aliphatic carbocycles. The maximum atomic E-state index is 13.5. The molecule has 26 heavy (non-hydrogen) atoms. The first kappa shape index (κ1) is 20.0. The lowest BCUT2D eigenvalue weighted by molar-refractivity contribution is -0.187. The monoisotopic (exact) mass is 378 g/mol. The van der Waals surface area contributed by atoms with Gasteiger partial charge in [0.05, 0.1) is 18.4 Å². The Hall–Kier alpha value is -2.36. The van der Waals surface area contributed by atoms with E-state index in [-0.39, 0.29) is 18.7 Å². The van der Waals surface area contributed by atoms with E-state index in [0.29, 0.717) is 5.56 Å². The minimum Gasteiger partial charge on any atom is -0.481 e. The molecule has 10 heteroatoms. The van der Waals surface area contributed by atoms with Crippen molar-refractivity contribution in [2.75, 3.05) is 20.2 Å². The molecular weight excluding hydrogens is 360 g/mol. The van der Waals surface area contributed by atoms with Crippen LogP contribution in [0.15, 0.2) is 18.2 Å². The van der Waals surface area contributed by atoms with E-state index in [1.54, 1.807) is 0 Å². The van der Waals surface area contributed by atoms with Gasteiger partial charge in [-0.3, -0.25) is 4.79 Å². The number of benzene rings is 1. The molecule has 2 atom stereocenters. The molecule has 2 N–H and O–H groups in total. The van der Waals surface area contributed by atoms with Crippen LogP contribution in [0.25, 0.3) is 0 Å². The van der Waals surface area contributed by atoms with E-state index in [0.717, 1.165) is 4.90 Å². The summed E-state index contributed by atoms with van der Waals surface area (Å²) in [5.74, 6) is -5.87. The maximum absolute atomic E-state index is 13.5. The van der Waals surface area contributed by atoms with Gasteiger partial charge in [0.2, 0.25) is 0 Å². The minimum atomic E-state index is -4.70. The number of alkyl halides is 3. The number of urea groups is 1. The number of rotatable bonds is 5. The average Bonchev–Trinajstić information content (AvgIpc) is 3.01. The molecular formula is C16H18F4N2O4. The number of halogens is 4. The van der Waals surface area contributed by atoms with Crippen LogP contribution in [0.5, 0.6) is 0 Å². The third-order valence-corrected chi connectivity index (χ3v) is 4.20. The molecule has 6 nitrogen and oxygen atoms in total. The molecule has 1 heterocycles. The quantitative estimate of drug-likeness (QED) is 0.772. The molecule has 0 aromatic heterocycles. The summed E-state index contributed by atoms with van der Waals surface area (Å²) in [4.78, 5) is 24.0. The van der Waals surface area contributed by atoms with E-state index in [1.807, 2.05) is 0 Å². The lowest BCUT2D eigenvalue weighted by Crippen LogP contribution is -2.39. The van der Waals surface area contributed by atoms with Crippen molar-refractivity contribution in [3.8, 4) is 0 Å². The van der Waals surface area contributed by atoms with Crippen molar-refractivity contribution in [2.45, 2.75) is 19.3 Å². The average molecular weight is 378 g/mol. The topological polar surface area (TPSA) is 78.9 Å². The standard InChI is InChI=1S/C16H18F4N2O4/c1-26-8-10-4-9(2-3-13(10)17)5-21-15(25)22-6-11(14(23)24)12(7-22)16(18,19)20/h2-4,11-12H,5-8H2,1H3,(H,21,25)(H,23,24)/t11-,12-/m1/s1. The van der Waals surface area contributed by atoms with E-state index in [4.69, 9.17) is 9.84 Å². The van der Waals surface area contributed by atoms with Gasteiger partial charge in [-0.15, -0.1) is 0 Å². The molecule has 0 bridgehead atoms. The van der Waals surface area contributed by atoms with Crippen molar-refractivity contribution in [1.29, 1.82) is 0 Å². The highest BCUT2D eigenvalue weighted by molar-refractivity contribution is 5.77. The Bertz CT molecular complexity index is 681. The van der Waals surface area contributed by atoms with Gasteiger partial charge in [0, 0.05) is 32.3 Å². The van der Waals surface area contributed by atoms with Crippen LogP contribution in [0.1, 0.15) is 11.1 Å². The Labute approximate surface area is 146 Å². The second kappa shape index (κ2) is 7.90. The van der Waals surface area contributed by atoms with E-state index in [1.165, 1.54) is 25.3 Å². The molecule has 1 saturated heterocycles. The molecule has 144 valence electrons. The zero-order valence-corrected chi connectivity index (χ0v) is 13.8. The number of carbonyl (C=O) groups is 2. The first-order valence-corrected chi connectivity index (χ1v) is 7.72. The Morgan fingerprint density at radius 3 is 2.58 bits per heavy atom. The summed E-state index contributed by atoms with van der Waals surface area (Å²) >= 11 is 0. The third kappa shape index (κ3) is 4.63. The summed E-state index contributed by atoms with van der Waals surface area (Å²) in [5.41, 5.74) is 0.816. The minimum absolute atomic E-state index is 0.0350. The smallest absolute Gasteiger partial charge is 0.394 e. The van der Waals surface area contributed by atoms with Crippen LogP contribution in [-0.2, 0) is 22.7 Å². The molecule has 0 radical (unpaired) electrons. The molecule has 2 rings (SSSR count). The molecule has 1 aliphatic heterocycles. The number of hydrogen-bond donors (Lipinski definition) is 2. The van der Waals surface area contributed by atoms with Crippen molar-refractivity contribution < 1.29 is 37.0 Å². The zero-order chi connectivity index (χ0) is 19.5. The number of aliphatic carboxylic acids is 1. The van der Waals surface area contributed by atoms with Crippen LogP contribution in [0.4, 0.5) is 22.4 Å². The fourth-order valence-electron chi connectivity index (χ4n) is 2.85. The maximum Gasteiger partial charge on any atom is 0.394 e. The predicted octanol–water partition coefficient (Wildman–Crippen LogP) is 2.38. The number of carboxylic acids is 1. The predicted molar refractivity (Wildman–Crippen MR) is 81.6 cm³/mol. The number of likely N-dealkylation sites (tertiary alicyclic amines) is 1. The normalized spacial score (nSPS) is 20.3. The number of carboxylic acid groups (broad SMARTS) is 1. The highest BCUT2D eigenvalue weighted by Crippen LogP contribution is 2.37. The molecule has 1 aromatic rings. The lowest BCUT2D eigenvalue weighted by atomic mass is 9.96. The highest BCUT2D eigenvalue weighted by Gasteiger charge is 2.53. The van der Waals surface area contributed by atoms with Gasteiger partial charge in [-0.05, 0) is 17.7 Å². The SMILES string of the molecule is COCc1cc(CNC(=O)N2C[C@@H](C(F)(F)F)[C@H](C(=O)O)C2)ccc1F. The number of hydrogen-bond acceptors (Lipinski definition) is 3.